The van der Waals surface area contributed by atoms with Gasteiger partial charge < -0.3 is 18.9 Å². The first-order chi connectivity index (χ1) is 36.5. The molecule has 75 heavy (non-hydrogen) atoms. The Morgan fingerprint density at radius 2 is 0.760 bits per heavy atom. The molecule has 0 heterocycles. The van der Waals surface area contributed by atoms with Crippen molar-refractivity contribution in [3.63, 3.8) is 0 Å². The van der Waals surface area contributed by atoms with Gasteiger partial charge in [0.05, 0.1) is 27.7 Å². The minimum absolute atomic E-state index is 0.0262. The number of hydrogen-bond donors (Lipinski definition) is 1. The van der Waals surface area contributed by atoms with E-state index in [1.807, 2.05) is 21.1 Å². The van der Waals surface area contributed by atoms with Crippen LogP contribution in [0.25, 0.3) is 0 Å². The number of rotatable bonds is 54. The van der Waals surface area contributed by atoms with Gasteiger partial charge in [0.15, 0.2) is 6.10 Å². The maximum Gasteiger partial charge on any atom is 0.472 e. The first-order valence-electron chi connectivity index (χ1n) is 30.1. The van der Waals surface area contributed by atoms with Crippen molar-refractivity contribution < 1.29 is 42.1 Å². The highest BCUT2D eigenvalue weighted by Crippen LogP contribution is 2.43. The van der Waals surface area contributed by atoms with Crippen LogP contribution in [0.5, 0.6) is 0 Å². The predicted molar refractivity (Wildman–Crippen MR) is 321 cm³/mol. The van der Waals surface area contributed by atoms with Crippen molar-refractivity contribution in [2.45, 2.75) is 245 Å². The minimum Gasteiger partial charge on any atom is -0.462 e. The van der Waals surface area contributed by atoms with Crippen molar-refractivity contribution in [3.8, 4) is 0 Å². The fourth-order valence-corrected chi connectivity index (χ4v) is 8.65. The summed E-state index contributed by atoms with van der Waals surface area (Å²) >= 11 is 0. The smallest absolute Gasteiger partial charge is 0.462 e. The fourth-order valence-electron chi connectivity index (χ4n) is 7.91. The molecule has 9 nitrogen and oxygen atoms in total. The lowest BCUT2D eigenvalue weighted by atomic mass is 10.0. The molecule has 0 aromatic rings. The summed E-state index contributed by atoms with van der Waals surface area (Å²) in [5.74, 6) is -0.812. The number of nitrogens with zero attached hydrogens (tertiary/aromatic N) is 1. The highest BCUT2D eigenvalue weighted by Gasteiger charge is 2.27. The molecule has 0 aromatic carbocycles. The number of phosphoric acid groups is 1. The maximum atomic E-state index is 12.8. The fraction of sp³-hybridized carbons (Fsp3) is 0.692. The van der Waals surface area contributed by atoms with Crippen molar-refractivity contribution in [3.05, 3.63) is 109 Å². The highest BCUT2D eigenvalue weighted by atomic mass is 31.2. The van der Waals surface area contributed by atoms with E-state index in [0.29, 0.717) is 17.4 Å². The van der Waals surface area contributed by atoms with Crippen LogP contribution in [0.1, 0.15) is 239 Å². The van der Waals surface area contributed by atoms with Gasteiger partial charge in [-0.05, 0) is 103 Å². The van der Waals surface area contributed by atoms with E-state index in [4.69, 9.17) is 18.5 Å². The Bertz CT molecular complexity index is 1630. The van der Waals surface area contributed by atoms with Crippen molar-refractivity contribution in [1.29, 1.82) is 0 Å². The molecule has 0 fully saturated rings. The van der Waals surface area contributed by atoms with E-state index >= 15 is 0 Å². The molecule has 0 saturated carbocycles. The Morgan fingerprint density at radius 3 is 1.15 bits per heavy atom. The first-order valence-corrected chi connectivity index (χ1v) is 31.6. The molecule has 0 aliphatic heterocycles. The lowest BCUT2D eigenvalue weighted by molar-refractivity contribution is -0.870. The SMILES string of the molecule is CC/C=C\C/C=C\C/C=C\C/C=C\C/C=C\C/C=C\C/C=C\C/C=C\CCCCCCCCCCCCCCC(=O)OC(COC(=O)CCCCCCC/C=C\CCCCCCC)COP(=O)(O)OCC[N+](C)(C)C. The number of carbonyl (C=O) groups is 2. The average molecular weight is 1070 g/mol. The van der Waals surface area contributed by atoms with Crippen molar-refractivity contribution in [2.24, 2.45) is 0 Å². The monoisotopic (exact) mass is 1070 g/mol. The van der Waals surface area contributed by atoms with Crippen molar-refractivity contribution in [2.75, 3.05) is 47.5 Å². The van der Waals surface area contributed by atoms with Crippen molar-refractivity contribution in [1.82, 2.24) is 0 Å². The first kappa shape index (κ1) is 71.7. The van der Waals surface area contributed by atoms with Gasteiger partial charge in [0.2, 0.25) is 0 Å². The molecule has 2 unspecified atom stereocenters. The average Bonchev–Trinajstić information content (AvgIpc) is 3.37. The van der Waals surface area contributed by atoms with Gasteiger partial charge in [0, 0.05) is 12.8 Å². The largest absolute Gasteiger partial charge is 0.472 e. The van der Waals surface area contributed by atoms with Crippen LogP contribution in [0.15, 0.2) is 109 Å². The number of esters is 2. The van der Waals surface area contributed by atoms with Crippen LogP contribution in [0.3, 0.4) is 0 Å². The third-order valence-electron chi connectivity index (χ3n) is 12.5. The highest BCUT2D eigenvalue weighted by molar-refractivity contribution is 7.47. The second-order valence-corrected chi connectivity index (χ2v) is 22.5. The Morgan fingerprint density at radius 1 is 0.427 bits per heavy atom. The zero-order valence-electron chi connectivity index (χ0n) is 48.7. The summed E-state index contributed by atoms with van der Waals surface area (Å²) in [6, 6.07) is 0. The van der Waals surface area contributed by atoms with Crippen LogP contribution in [0, 0.1) is 0 Å². The third-order valence-corrected chi connectivity index (χ3v) is 13.5. The molecule has 0 spiro atoms. The molecule has 0 bridgehead atoms. The van der Waals surface area contributed by atoms with Crippen LogP contribution in [-0.4, -0.2) is 74.9 Å². The number of quaternary nitrogens is 1. The van der Waals surface area contributed by atoms with E-state index < -0.39 is 26.5 Å². The summed E-state index contributed by atoms with van der Waals surface area (Å²) in [5.41, 5.74) is 0. The van der Waals surface area contributed by atoms with Gasteiger partial charge in [-0.3, -0.25) is 18.6 Å². The molecule has 0 radical (unpaired) electrons. The number of unbranched alkanes of at least 4 members (excludes halogenated alkanes) is 22. The zero-order chi connectivity index (χ0) is 54.9. The molecule has 0 amide bonds. The van der Waals surface area contributed by atoms with Gasteiger partial charge in [-0.2, -0.15) is 0 Å². The van der Waals surface area contributed by atoms with E-state index in [1.165, 1.54) is 96.3 Å². The Hall–Kier alpha value is -3.33. The van der Waals surface area contributed by atoms with Crippen molar-refractivity contribution >= 4 is 19.8 Å². The number of allylic oxidation sites excluding steroid dienone is 18. The van der Waals surface area contributed by atoms with Gasteiger partial charge in [0.25, 0.3) is 0 Å². The number of ether oxygens (including phenoxy) is 2. The van der Waals surface area contributed by atoms with E-state index in [2.05, 4.69) is 123 Å². The molecule has 0 rings (SSSR count). The van der Waals surface area contributed by atoms with E-state index in [-0.39, 0.29) is 32.0 Å². The van der Waals surface area contributed by atoms with E-state index in [1.54, 1.807) is 0 Å². The minimum atomic E-state index is -4.39. The topological polar surface area (TPSA) is 108 Å². The van der Waals surface area contributed by atoms with Crippen LogP contribution < -0.4 is 0 Å². The van der Waals surface area contributed by atoms with Crippen LogP contribution in [-0.2, 0) is 32.7 Å². The Kier molecular flexibility index (Phi) is 53.0. The predicted octanol–water partition coefficient (Wildman–Crippen LogP) is 19.0. The third kappa shape index (κ3) is 59.8. The molecule has 430 valence electrons. The second kappa shape index (κ2) is 55.4. The second-order valence-electron chi connectivity index (χ2n) is 21.0. The normalized spacial score (nSPS) is 14.1. The van der Waals surface area contributed by atoms with Crippen LogP contribution >= 0.6 is 7.82 Å². The summed E-state index contributed by atoms with van der Waals surface area (Å²) in [7, 11) is 1.46. The van der Waals surface area contributed by atoms with Gasteiger partial charge in [-0.15, -0.1) is 0 Å². The molecule has 0 aliphatic rings. The van der Waals surface area contributed by atoms with Gasteiger partial charge in [-0.25, -0.2) is 4.57 Å². The molecule has 1 N–H and O–H groups in total. The zero-order valence-corrected chi connectivity index (χ0v) is 49.6. The van der Waals surface area contributed by atoms with E-state index in [0.717, 1.165) is 109 Å². The number of phosphoric ester groups is 1. The van der Waals surface area contributed by atoms with Crippen LogP contribution in [0.2, 0.25) is 0 Å². The Labute approximate surface area is 461 Å². The van der Waals surface area contributed by atoms with Gasteiger partial charge >= 0.3 is 19.8 Å². The molecule has 0 aliphatic carbocycles. The lowest BCUT2D eigenvalue weighted by Gasteiger charge is -2.24. The van der Waals surface area contributed by atoms with Crippen LogP contribution in [0.4, 0.5) is 0 Å². The Balaban J connectivity index is 4.08. The number of carbonyl (C=O) groups excluding carboxylic acids is 2. The van der Waals surface area contributed by atoms with E-state index in [9.17, 15) is 19.0 Å². The molecule has 2 atom stereocenters. The summed E-state index contributed by atoms with van der Waals surface area (Å²) in [4.78, 5) is 35.6. The number of hydrogen-bond acceptors (Lipinski definition) is 7. The van der Waals surface area contributed by atoms with Gasteiger partial charge in [0.1, 0.15) is 19.8 Å². The molecule has 0 aromatic heterocycles. The maximum absolute atomic E-state index is 12.8. The van der Waals surface area contributed by atoms with Gasteiger partial charge in [-0.1, -0.05) is 232 Å². The summed E-state index contributed by atoms with van der Waals surface area (Å²) in [5, 5.41) is 0. The quantitative estimate of drug-likeness (QED) is 0.0211. The molecular weight excluding hydrogens is 954 g/mol. The lowest BCUT2D eigenvalue weighted by Crippen LogP contribution is -2.37. The molecular formula is C65H113NO8P+. The summed E-state index contributed by atoms with van der Waals surface area (Å²) in [6.07, 6.45) is 77.4. The summed E-state index contributed by atoms with van der Waals surface area (Å²) < 4.78 is 34.5. The molecule has 0 saturated heterocycles. The molecule has 10 heteroatoms. The number of likely N-dealkylation sites (N-methyl/N-ethyl adjacent to an activating group) is 1. The standard InChI is InChI=1S/C65H112NO8P/c1-6-8-10-12-14-16-18-20-22-23-24-25-26-27-28-29-30-31-32-33-34-35-36-37-38-39-40-41-42-43-44-46-48-50-52-54-56-58-65(68)74-63(62-73-75(69,70)72-60-59-66(3,4)5)61-71-64(67)57-55-53-51-49-47-45-21-19-17-15-13-11-9-7-2/h8,10,14,16,19-22,24-25,27-28,30-31,33-34,36-37,63H,6-7,9,11-13,15,17-18,23,26,29,32,35,38-62H2,1-5H3/p+1/b10-8-,16-14-,21-19-,22-20-,25-24-,28-27-,31-30-,34-33-,37-36-. The summed E-state index contributed by atoms with van der Waals surface area (Å²) in [6.45, 7) is 4.29.